The molecular formula is C21H23F3N8O. The number of likely N-dealkylation sites (tertiary alicyclic amines) is 1. The van der Waals surface area contributed by atoms with Gasteiger partial charge in [0.2, 0.25) is 5.95 Å². The Morgan fingerprint density at radius 2 is 2.18 bits per heavy atom. The van der Waals surface area contributed by atoms with Gasteiger partial charge in [-0.1, -0.05) is 11.3 Å². The predicted octanol–water partition coefficient (Wildman–Crippen LogP) is 2.39. The molecule has 1 aliphatic rings. The van der Waals surface area contributed by atoms with Crippen molar-refractivity contribution >= 4 is 22.5 Å². The molecule has 5 rings (SSSR count). The topological polar surface area (TPSA) is 96.1 Å². The van der Waals surface area contributed by atoms with E-state index in [0.29, 0.717) is 29.6 Å². The van der Waals surface area contributed by atoms with Gasteiger partial charge in [-0.3, -0.25) is 9.78 Å². The summed E-state index contributed by atoms with van der Waals surface area (Å²) in [5.74, 6) is -0.578. The van der Waals surface area contributed by atoms with Crippen molar-refractivity contribution in [1.29, 1.82) is 0 Å². The summed E-state index contributed by atoms with van der Waals surface area (Å²) in [6, 6.07) is 4.37. The van der Waals surface area contributed by atoms with Crippen molar-refractivity contribution in [1.82, 2.24) is 34.5 Å². The van der Waals surface area contributed by atoms with Crippen molar-refractivity contribution < 1.29 is 13.2 Å². The zero-order valence-corrected chi connectivity index (χ0v) is 18.1. The van der Waals surface area contributed by atoms with Crippen molar-refractivity contribution in [2.75, 3.05) is 25.5 Å². The third kappa shape index (κ3) is 3.94. The first-order chi connectivity index (χ1) is 15.8. The quantitative estimate of drug-likeness (QED) is 0.475. The van der Waals surface area contributed by atoms with E-state index in [1.54, 1.807) is 18.2 Å². The summed E-state index contributed by atoms with van der Waals surface area (Å²) in [5.41, 5.74) is 0.954. The van der Waals surface area contributed by atoms with E-state index in [1.165, 1.54) is 11.6 Å². The van der Waals surface area contributed by atoms with E-state index in [9.17, 15) is 13.6 Å². The fraction of sp³-hybridized carbons (Fsp3) is 0.429. The Morgan fingerprint density at radius 1 is 1.36 bits per heavy atom. The Kier molecular flexibility index (Phi) is 5.31. The van der Waals surface area contributed by atoms with Crippen molar-refractivity contribution in [3.05, 3.63) is 40.6 Å². The van der Waals surface area contributed by atoms with Gasteiger partial charge in [0, 0.05) is 13.1 Å². The third-order valence-corrected chi connectivity index (χ3v) is 5.89. The van der Waals surface area contributed by atoms with Gasteiger partial charge in [0.15, 0.2) is 5.82 Å². The van der Waals surface area contributed by atoms with Crippen LogP contribution in [0.2, 0.25) is 0 Å². The second-order valence-corrected chi connectivity index (χ2v) is 8.52. The number of alkyl halides is 2. The molecule has 1 aromatic carbocycles. The number of nitrogens with one attached hydrogen (secondary N) is 2. The standard InChI is InChI=1S/C21H23F3N8O/c1-11(22)8-31-17-7-12(3-4-16(17)27-29-31)18-14(24)10-32-19(18)20(33)26-21(28-32)25-15-5-6-30(2)9-13(15)23/h3-4,7,10-11,13,15H,5-6,8-9H2,1-2H3,(H2,25,26,28,33)/t11-,13+,15-/m1/s1. The van der Waals surface area contributed by atoms with Crippen LogP contribution in [0.5, 0.6) is 0 Å². The number of piperidine rings is 1. The Balaban J connectivity index is 1.53. The van der Waals surface area contributed by atoms with E-state index in [0.717, 1.165) is 10.7 Å². The van der Waals surface area contributed by atoms with Crippen LogP contribution in [0.15, 0.2) is 29.2 Å². The van der Waals surface area contributed by atoms with Crippen LogP contribution in [0.25, 0.3) is 27.7 Å². The molecule has 174 valence electrons. The van der Waals surface area contributed by atoms with Crippen LogP contribution in [0.1, 0.15) is 13.3 Å². The Morgan fingerprint density at radius 3 is 2.94 bits per heavy atom. The molecule has 12 heteroatoms. The monoisotopic (exact) mass is 460 g/mol. The van der Waals surface area contributed by atoms with Crippen molar-refractivity contribution in [3.63, 3.8) is 0 Å². The summed E-state index contributed by atoms with van der Waals surface area (Å²) in [6.07, 6.45) is -0.615. The predicted molar refractivity (Wildman–Crippen MR) is 117 cm³/mol. The van der Waals surface area contributed by atoms with E-state index in [1.807, 2.05) is 11.9 Å². The van der Waals surface area contributed by atoms with Gasteiger partial charge in [-0.25, -0.2) is 22.4 Å². The van der Waals surface area contributed by atoms with E-state index in [-0.39, 0.29) is 30.1 Å². The van der Waals surface area contributed by atoms with E-state index < -0.39 is 29.8 Å². The van der Waals surface area contributed by atoms with Crippen molar-refractivity contribution in [2.45, 2.75) is 38.3 Å². The number of rotatable bonds is 5. The number of fused-ring (bicyclic) bond motifs is 2. The van der Waals surface area contributed by atoms with Crippen LogP contribution < -0.4 is 10.9 Å². The molecule has 0 spiro atoms. The molecule has 0 bridgehead atoms. The molecule has 1 saturated heterocycles. The maximum absolute atomic E-state index is 15.0. The maximum Gasteiger partial charge on any atom is 0.277 e. The van der Waals surface area contributed by atoms with Gasteiger partial charge in [0.25, 0.3) is 5.56 Å². The van der Waals surface area contributed by atoms with Gasteiger partial charge in [-0.2, -0.15) is 0 Å². The number of benzene rings is 1. The highest BCUT2D eigenvalue weighted by Gasteiger charge is 2.28. The average Bonchev–Trinajstić information content (AvgIpc) is 3.29. The molecule has 1 aliphatic heterocycles. The lowest BCUT2D eigenvalue weighted by molar-refractivity contribution is 0.149. The number of hydrogen-bond acceptors (Lipinski definition) is 6. The molecule has 3 aromatic heterocycles. The highest BCUT2D eigenvalue weighted by Crippen LogP contribution is 2.30. The number of H-pyrrole nitrogens is 1. The first-order valence-corrected chi connectivity index (χ1v) is 10.7. The molecule has 4 aromatic rings. The molecular weight excluding hydrogens is 437 g/mol. The number of nitrogens with zero attached hydrogens (tertiary/aromatic N) is 6. The highest BCUT2D eigenvalue weighted by atomic mass is 19.1. The van der Waals surface area contributed by atoms with Gasteiger partial charge in [0.1, 0.15) is 23.4 Å². The lowest BCUT2D eigenvalue weighted by Gasteiger charge is -2.32. The average molecular weight is 460 g/mol. The normalized spacial score (nSPS) is 20.5. The number of anilines is 1. The molecule has 9 nitrogen and oxygen atoms in total. The summed E-state index contributed by atoms with van der Waals surface area (Å²) >= 11 is 0. The molecule has 0 unspecified atom stereocenters. The lowest BCUT2D eigenvalue weighted by Crippen LogP contribution is -2.46. The summed E-state index contributed by atoms with van der Waals surface area (Å²) in [6.45, 7) is 2.40. The van der Waals surface area contributed by atoms with Crippen molar-refractivity contribution in [2.24, 2.45) is 0 Å². The largest absolute Gasteiger partial charge is 0.349 e. The van der Waals surface area contributed by atoms with E-state index in [4.69, 9.17) is 0 Å². The molecule has 0 aliphatic carbocycles. The molecule has 1 fully saturated rings. The summed E-state index contributed by atoms with van der Waals surface area (Å²) in [7, 11) is 1.84. The maximum atomic E-state index is 15.0. The van der Waals surface area contributed by atoms with Crippen LogP contribution in [0.3, 0.4) is 0 Å². The fourth-order valence-corrected chi connectivity index (χ4v) is 4.29. The van der Waals surface area contributed by atoms with E-state index in [2.05, 4.69) is 25.7 Å². The molecule has 3 atom stereocenters. The van der Waals surface area contributed by atoms with Crippen LogP contribution >= 0.6 is 0 Å². The lowest BCUT2D eigenvalue weighted by atomic mass is 10.0. The molecule has 2 N–H and O–H groups in total. The van der Waals surface area contributed by atoms with Crippen LogP contribution in [0.4, 0.5) is 19.1 Å². The van der Waals surface area contributed by atoms with E-state index >= 15 is 4.39 Å². The molecule has 0 amide bonds. The Labute approximate surface area is 186 Å². The van der Waals surface area contributed by atoms with Gasteiger partial charge in [0.05, 0.1) is 29.9 Å². The second kappa shape index (κ2) is 8.18. The summed E-state index contributed by atoms with van der Waals surface area (Å²) in [5, 5.41) is 15.1. The fourth-order valence-electron chi connectivity index (χ4n) is 4.29. The number of halogens is 3. The summed E-state index contributed by atoms with van der Waals surface area (Å²) < 4.78 is 45.4. The molecule has 4 heterocycles. The van der Waals surface area contributed by atoms with Gasteiger partial charge < -0.3 is 10.2 Å². The number of aromatic amines is 1. The van der Waals surface area contributed by atoms with Crippen LogP contribution in [-0.4, -0.2) is 73.0 Å². The molecule has 0 radical (unpaired) electrons. The molecule has 0 saturated carbocycles. The first kappa shape index (κ1) is 21.4. The van der Waals surface area contributed by atoms with Gasteiger partial charge in [-0.15, -0.1) is 10.2 Å². The number of hydrogen-bond donors (Lipinski definition) is 2. The highest BCUT2D eigenvalue weighted by molar-refractivity contribution is 5.87. The minimum atomic E-state index is -1.14. The Hall–Kier alpha value is -3.41. The van der Waals surface area contributed by atoms with Gasteiger partial charge in [-0.05, 0) is 38.1 Å². The smallest absolute Gasteiger partial charge is 0.277 e. The van der Waals surface area contributed by atoms with Gasteiger partial charge >= 0.3 is 0 Å². The van der Waals surface area contributed by atoms with Crippen molar-refractivity contribution in [3.8, 4) is 11.1 Å². The zero-order valence-electron chi connectivity index (χ0n) is 18.1. The summed E-state index contributed by atoms with van der Waals surface area (Å²) in [4.78, 5) is 17.4. The Bertz CT molecular complexity index is 1380. The zero-order chi connectivity index (χ0) is 23.3. The number of aromatic nitrogens is 6. The SMILES string of the molecule is C[C@@H](F)Cn1nnc2ccc(-c3c(F)cn4nc(N[C@@H]5CCN(C)C[C@@H]5F)[nH]c(=O)c34)cc21. The minimum Gasteiger partial charge on any atom is -0.349 e. The molecule has 33 heavy (non-hydrogen) atoms. The van der Waals surface area contributed by atoms with Crippen LogP contribution in [-0.2, 0) is 6.54 Å². The van der Waals surface area contributed by atoms with Crippen LogP contribution in [0, 0.1) is 5.82 Å². The third-order valence-electron chi connectivity index (χ3n) is 5.89. The first-order valence-electron chi connectivity index (χ1n) is 10.7. The second-order valence-electron chi connectivity index (χ2n) is 8.52. The minimum absolute atomic E-state index is 0.00262.